The number of urea groups is 1. The molecule has 4 amide bonds. The predicted octanol–water partition coefficient (Wildman–Crippen LogP) is 2.21. The van der Waals surface area contributed by atoms with E-state index in [0.29, 0.717) is 34.4 Å². The molecule has 2 aromatic rings. The number of benzene rings is 2. The highest BCUT2D eigenvalue weighted by Crippen LogP contribution is 2.31. The number of imide groups is 1. The summed E-state index contributed by atoms with van der Waals surface area (Å²) in [5, 5.41) is 3.30. The van der Waals surface area contributed by atoms with Crippen LogP contribution < -0.4 is 25.0 Å². The fraction of sp³-hybridized carbons (Fsp3) is 0.286. The summed E-state index contributed by atoms with van der Waals surface area (Å²) in [5.41, 5.74) is 1.73. The van der Waals surface area contributed by atoms with Crippen LogP contribution in [0, 0.1) is 0 Å². The van der Waals surface area contributed by atoms with Crippen LogP contribution in [0.15, 0.2) is 42.5 Å². The second-order valence-electron chi connectivity index (χ2n) is 6.67. The van der Waals surface area contributed by atoms with Gasteiger partial charge in [0.15, 0.2) is 11.5 Å². The number of ether oxygens (including phenoxy) is 3. The van der Waals surface area contributed by atoms with Gasteiger partial charge in [-0.25, -0.2) is 4.79 Å². The molecule has 0 saturated carbocycles. The van der Waals surface area contributed by atoms with Crippen molar-refractivity contribution in [2.75, 3.05) is 20.8 Å². The minimum atomic E-state index is -1.35. The fourth-order valence-electron chi connectivity index (χ4n) is 3.12. The van der Waals surface area contributed by atoms with Crippen LogP contribution in [0.25, 0.3) is 0 Å². The van der Waals surface area contributed by atoms with Crippen LogP contribution in [0.3, 0.4) is 0 Å². The first-order valence-corrected chi connectivity index (χ1v) is 9.27. The maximum Gasteiger partial charge on any atom is 0.344 e. The molecule has 0 spiro atoms. The lowest BCUT2D eigenvalue weighted by atomic mass is 9.92. The van der Waals surface area contributed by atoms with Crippen molar-refractivity contribution in [2.45, 2.75) is 19.4 Å². The molecule has 1 aliphatic rings. The maximum atomic E-state index is 13.0. The quantitative estimate of drug-likeness (QED) is 0.674. The number of nitrogens with one attached hydrogen (secondary N) is 2. The van der Waals surface area contributed by atoms with Crippen molar-refractivity contribution in [3.8, 4) is 17.2 Å². The highest BCUT2D eigenvalue weighted by Gasteiger charge is 2.50. The second kappa shape index (κ2) is 8.32. The minimum absolute atomic E-state index is 0.200. The van der Waals surface area contributed by atoms with Crippen LogP contribution in [0.5, 0.6) is 17.2 Å². The van der Waals surface area contributed by atoms with Gasteiger partial charge in [-0.2, -0.15) is 5.01 Å². The first-order valence-electron chi connectivity index (χ1n) is 9.27. The maximum absolute atomic E-state index is 13.0. The summed E-state index contributed by atoms with van der Waals surface area (Å²) < 4.78 is 15.9. The van der Waals surface area contributed by atoms with E-state index in [1.165, 1.54) is 26.4 Å². The molecule has 0 unspecified atom stereocenters. The van der Waals surface area contributed by atoms with Crippen molar-refractivity contribution in [3.63, 3.8) is 0 Å². The summed E-state index contributed by atoms with van der Waals surface area (Å²) in [7, 11) is 2.96. The van der Waals surface area contributed by atoms with Crippen LogP contribution in [0.2, 0.25) is 0 Å². The van der Waals surface area contributed by atoms with E-state index in [9.17, 15) is 14.4 Å². The standard InChI is InChI=1S/C21H23N3O6/c1-5-30-16-10-9-13(11-17(16)29-4)18(25)23-24-19(26)21(2,22-20(24)27)14-7-6-8-15(12-14)28-3/h6-12H,5H2,1-4H3,(H,22,27)(H,23,25)/t21-/m0/s1. The van der Waals surface area contributed by atoms with E-state index >= 15 is 0 Å². The zero-order valence-corrected chi connectivity index (χ0v) is 17.1. The molecule has 1 saturated heterocycles. The number of carbonyl (C=O) groups is 3. The summed E-state index contributed by atoms with van der Waals surface area (Å²) >= 11 is 0. The van der Waals surface area contributed by atoms with Crippen molar-refractivity contribution >= 4 is 17.8 Å². The molecule has 1 aliphatic heterocycles. The summed E-state index contributed by atoms with van der Waals surface area (Å²) in [6.45, 7) is 3.83. The molecule has 2 N–H and O–H groups in total. The Hall–Kier alpha value is -3.75. The van der Waals surface area contributed by atoms with Gasteiger partial charge in [0.2, 0.25) is 0 Å². The molecule has 1 fully saturated rings. The number of amides is 4. The number of carbonyl (C=O) groups excluding carboxylic acids is 3. The van der Waals surface area contributed by atoms with E-state index in [1.54, 1.807) is 37.3 Å². The van der Waals surface area contributed by atoms with Crippen molar-refractivity contribution in [1.82, 2.24) is 15.8 Å². The Balaban J connectivity index is 1.82. The van der Waals surface area contributed by atoms with Gasteiger partial charge in [0, 0.05) is 5.56 Å². The topological polar surface area (TPSA) is 106 Å². The van der Waals surface area contributed by atoms with E-state index in [0.717, 1.165) is 0 Å². The van der Waals surface area contributed by atoms with E-state index < -0.39 is 23.4 Å². The van der Waals surface area contributed by atoms with Gasteiger partial charge in [0.1, 0.15) is 11.3 Å². The van der Waals surface area contributed by atoms with Gasteiger partial charge < -0.3 is 19.5 Å². The summed E-state index contributed by atoms with van der Waals surface area (Å²) in [5.74, 6) is 0.126. The molecule has 0 radical (unpaired) electrons. The van der Waals surface area contributed by atoms with Gasteiger partial charge in [-0.1, -0.05) is 12.1 Å². The molecule has 158 valence electrons. The largest absolute Gasteiger partial charge is 0.497 e. The van der Waals surface area contributed by atoms with E-state index in [2.05, 4.69) is 10.7 Å². The Labute approximate surface area is 173 Å². The molecule has 0 aliphatic carbocycles. The summed E-state index contributed by atoms with van der Waals surface area (Å²) in [6.07, 6.45) is 0. The molecule has 3 rings (SSSR count). The fourth-order valence-corrected chi connectivity index (χ4v) is 3.12. The first kappa shape index (κ1) is 21.0. The highest BCUT2D eigenvalue weighted by molar-refractivity contribution is 6.09. The Morgan fingerprint density at radius 1 is 1.10 bits per heavy atom. The zero-order valence-electron chi connectivity index (χ0n) is 17.1. The minimum Gasteiger partial charge on any atom is -0.497 e. The SMILES string of the molecule is CCOc1ccc(C(=O)NN2C(=O)N[C@@](C)(c3cccc(OC)c3)C2=O)cc1OC. The molecule has 2 aromatic carbocycles. The molecular formula is C21H23N3O6. The van der Waals surface area contributed by atoms with Gasteiger partial charge in [0.05, 0.1) is 20.8 Å². The number of hydrogen-bond acceptors (Lipinski definition) is 6. The van der Waals surface area contributed by atoms with Crippen molar-refractivity contribution in [1.29, 1.82) is 0 Å². The number of hydrogen-bond donors (Lipinski definition) is 2. The third-order valence-corrected chi connectivity index (χ3v) is 4.78. The third kappa shape index (κ3) is 3.73. The summed E-state index contributed by atoms with van der Waals surface area (Å²) in [6, 6.07) is 10.6. The molecular weight excluding hydrogens is 390 g/mol. The molecule has 9 heteroatoms. The van der Waals surface area contributed by atoms with Crippen LogP contribution in [0.1, 0.15) is 29.8 Å². The number of methoxy groups -OCH3 is 2. The van der Waals surface area contributed by atoms with Crippen LogP contribution in [-0.2, 0) is 10.3 Å². The molecule has 30 heavy (non-hydrogen) atoms. The lowest BCUT2D eigenvalue weighted by Gasteiger charge is -2.22. The normalized spacial score (nSPS) is 18.1. The summed E-state index contributed by atoms with van der Waals surface area (Å²) in [4.78, 5) is 38.1. The van der Waals surface area contributed by atoms with E-state index in [1.807, 2.05) is 6.92 Å². The monoisotopic (exact) mass is 413 g/mol. The molecule has 0 aromatic heterocycles. The molecule has 1 atom stereocenters. The highest BCUT2D eigenvalue weighted by atomic mass is 16.5. The zero-order chi connectivity index (χ0) is 21.9. The smallest absolute Gasteiger partial charge is 0.344 e. The Bertz CT molecular complexity index is 992. The Morgan fingerprint density at radius 3 is 2.53 bits per heavy atom. The van der Waals surface area contributed by atoms with Gasteiger partial charge in [-0.3, -0.25) is 15.0 Å². The van der Waals surface area contributed by atoms with E-state index in [4.69, 9.17) is 14.2 Å². The molecule has 0 bridgehead atoms. The first-order chi connectivity index (χ1) is 14.3. The van der Waals surface area contributed by atoms with Crippen molar-refractivity contribution in [3.05, 3.63) is 53.6 Å². The van der Waals surface area contributed by atoms with Crippen molar-refractivity contribution in [2.24, 2.45) is 0 Å². The Kier molecular flexibility index (Phi) is 5.81. The number of hydrazine groups is 1. The lowest BCUT2D eigenvalue weighted by Crippen LogP contribution is -2.47. The third-order valence-electron chi connectivity index (χ3n) is 4.78. The average molecular weight is 413 g/mol. The van der Waals surface area contributed by atoms with Crippen LogP contribution in [0.4, 0.5) is 4.79 Å². The van der Waals surface area contributed by atoms with Gasteiger partial charge in [-0.05, 0) is 49.7 Å². The lowest BCUT2D eigenvalue weighted by molar-refractivity contribution is -0.132. The molecule has 9 nitrogen and oxygen atoms in total. The Morgan fingerprint density at radius 2 is 1.87 bits per heavy atom. The average Bonchev–Trinajstić information content (AvgIpc) is 2.98. The second-order valence-corrected chi connectivity index (χ2v) is 6.67. The number of rotatable bonds is 7. The van der Waals surface area contributed by atoms with Crippen LogP contribution >= 0.6 is 0 Å². The van der Waals surface area contributed by atoms with Crippen molar-refractivity contribution < 1.29 is 28.6 Å². The predicted molar refractivity (Wildman–Crippen MR) is 107 cm³/mol. The van der Waals surface area contributed by atoms with Gasteiger partial charge in [0.25, 0.3) is 11.8 Å². The molecule has 1 heterocycles. The van der Waals surface area contributed by atoms with E-state index in [-0.39, 0.29) is 5.56 Å². The van der Waals surface area contributed by atoms with Gasteiger partial charge >= 0.3 is 6.03 Å². The number of nitrogens with zero attached hydrogens (tertiary/aromatic N) is 1. The van der Waals surface area contributed by atoms with Gasteiger partial charge in [-0.15, -0.1) is 0 Å². The van der Waals surface area contributed by atoms with Crippen LogP contribution in [-0.4, -0.2) is 43.7 Å².